The van der Waals surface area contributed by atoms with E-state index in [4.69, 9.17) is 20.3 Å². The van der Waals surface area contributed by atoms with Gasteiger partial charge in [-0.3, -0.25) is 14.4 Å². The van der Waals surface area contributed by atoms with Gasteiger partial charge in [0.25, 0.3) is 5.91 Å². The lowest BCUT2D eigenvalue weighted by atomic mass is 10.2. The molecule has 0 radical (unpaired) electrons. The number of amides is 2. The molecule has 1 aliphatic heterocycles. The number of ether oxygens (including phenoxy) is 2. The van der Waals surface area contributed by atoms with Crippen molar-refractivity contribution in [3.05, 3.63) is 22.2 Å². The van der Waals surface area contributed by atoms with Crippen LogP contribution < -0.4 is 20.5 Å². The maximum Gasteiger partial charge on any atom is 0.305 e. The summed E-state index contributed by atoms with van der Waals surface area (Å²) in [5.74, 6) is -1.43. The number of rotatable bonds is 8. The maximum absolute atomic E-state index is 11.6. The van der Waals surface area contributed by atoms with Crippen molar-refractivity contribution >= 4 is 56.9 Å². The van der Waals surface area contributed by atoms with Gasteiger partial charge in [-0.05, 0) is 28.1 Å². The van der Waals surface area contributed by atoms with E-state index >= 15 is 0 Å². The molecule has 27 heavy (non-hydrogen) atoms. The molecule has 1 unspecified atom stereocenters. The molecule has 1 aliphatic rings. The molecule has 1 heterocycles. The summed E-state index contributed by atoms with van der Waals surface area (Å²) in [5, 5.41) is 18.5. The molecule has 0 bridgehead atoms. The summed E-state index contributed by atoms with van der Waals surface area (Å²) in [6, 6.07) is 3.20. The fourth-order valence-electron chi connectivity index (χ4n) is 1.96. The molecule has 2 amide bonds. The standard InChI is InChI=1S/C15H15BrN4O6S/c1-25-9-2-7(8(16)3-10(9)26-6-12(17)21)5-18-20-15-19-14(24)11(27-15)4-13(22)23/h2-3,5,11H,4,6H2,1H3,(H2,17,21)(H,22,23)(H,19,20,24). The van der Waals surface area contributed by atoms with Crippen molar-refractivity contribution in [3.8, 4) is 11.5 Å². The second-order valence-corrected chi connectivity index (χ2v) is 7.17. The van der Waals surface area contributed by atoms with Crippen LogP contribution in [0, 0.1) is 0 Å². The van der Waals surface area contributed by atoms with Gasteiger partial charge in [0, 0.05) is 10.0 Å². The van der Waals surface area contributed by atoms with Gasteiger partial charge in [-0.1, -0.05) is 11.8 Å². The first-order valence-corrected chi connectivity index (χ1v) is 9.06. The smallest absolute Gasteiger partial charge is 0.305 e. The average molecular weight is 459 g/mol. The summed E-state index contributed by atoms with van der Waals surface area (Å²) in [6.07, 6.45) is 1.11. The number of nitrogens with zero attached hydrogens (tertiary/aromatic N) is 2. The largest absolute Gasteiger partial charge is 0.493 e. The third kappa shape index (κ3) is 5.96. The highest BCUT2D eigenvalue weighted by atomic mass is 79.9. The van der Waals surface area contributed by atoms with Crippen LogP contribution in [0.3, 0.4) is 0 Å². The number of carboxylic acids is 1. The lowest BCUT2D eigenvalue weighted by Crippen LogP contribution is -2.26. The van der Waals surface area contributed by atoms with Crippen LogP contribution in [0.2, 0.25) is 0 Å². The molecule has 4 N–H and O–H groups in total. The molecule has 1 fully saturated rings. The van der Waals surface area contributed by atoms with Gasteiger partial charge in [-0.15, -0.1) is 5.10 Å². The van der Waals surface area contributed by atoms with Crippen LogP contribution in [0.5, 0.6) is 11.5 Å². The molecule has 1 saturated heterocycles. The predicted molar refractivity (Wildman–Crippen MR) is 102 cm³/mol. The van der Waals surface area contributed by atoms with E-state index < -0.39 is 23.0 Å². The topological polar surface area (TPSA) is 153 Å². The Morgan fingerprint density at radius 1 is 1.44 bits per heavy atom. The molecule has 0 spiro atoms. The number of thioether (sulfide) groups is 1. The number of hydrogen-bond donors (Lipinski definition) is 3. The fraction of sp³-hybridized carbons (Fsp3) is 0.267. The van der Waals surface area contributed by atoms with E-state index in [-0.39, 0.29) is 18.2 Å². The quantitative estimate of drug-likeness (QED) is 0.383. The molecule has 1 aromatic carbocycles. The van der Waals surface area contributed by atoms with Gasteiger partial charge in [-0.25, -0.2) is 0 Å². The number of nitrogens with one attached hydrogen (secondary N) is 1. The first-order valence-electron chi connectivity index (χ1n) is 7.39. The zero-order valence-corrected chi connectivity index (χ0v) is 16.4. The monoisotopic (exact) mass is 458 g/mol. The average Bonchev–Trinajstić information content (AvgIpc) is 2.93. The number of carbonyl (C=O) groups excluding carboxylic acids is 2. The van der Waals surface area contributed by atoms with Crippen LogP contribution in [0.4, 0.5) is 0 Å². The highest BCUT2D eigenvalue weighted by Crippen LogP contribution is 2.33. The number of nitrogens with two attached hydrogens (primary N) is 1. The van der Waals surface area contributed by atoms with Gasteiger partial charge in [0.1, 0.15) is 5.25 Å². The van der Waals surface area contributed by atoms with Crippen molar-refractivity contribution in [2.75, 3.05) is 13.7 Å². The number of aliphatic carboxylic acids is 1. The van der Waals surface area contributed by atoms with Crippen LogP contribution in [0.1, 0.15) is 12.0 Å². The highest BCUT2D eigenvalue weighted by Gasteiger charge is 2.32. The Kier molecular flexibility index (Phi) is 7.19. The van der Waals surface area contributed by atoms with Crippen molar-refractivity contribution in [2.45, 2.75) is 11.7 Å². The molecule has 2 rings (SSSR count). The summed E-state index contributed by atoms with van der Waals surface area (Å²) in [6.45, 7) is -0.293. The number of carboxylic acid groups (broad SMARTS) is 1. The molecule has 0 aliphatic carbocycles. The van der Waals surface area contributed by atoms with Gasteiger partial charge < -0.3 is 25.6 Å². The van der Waals surface area contributed by atoms with Crippen LogP contribution in [-0.2, 0) is 14.4 Å². The lowest BCUT2D eigenvalue weighted by Gasteiger charge is -2.11. The highest BCUT2D eigenvalue weighted by molar-refractivity contribution is 9.10. The van der Waals surface area contributed by atoms with E-state index in [0.717, 1.165) is 11.8 Å². The zero-order valence-electron chi connectivity index (χ0n) is 14.0. The zero-order chi connectivity index (χ0) is 20.0. The second kappa shape index (κ2) is 9.37. The molecular weight excluding hydrogens is 444 g/mol. The van der Waals surface area contributed by atoms with Gasteiger partial charge in [-0.2, -0.15) is 5.10 Å². The number of amidine groups is 1. The van der Waals surface area contributed by atoms with E-state index in [1.54, 1.807) is 12.1 Å². The van der Waals surface area contributed by atoms with E-state index in [0.29, 0.717) is 21.5 Å². The van der Waals surface area contributed by atoms with Crippen LogP contribution in [-0.4, -0.2) is 53.2 Å². The number of hydrogen-bond acceptors (Lipinski definition) is 8. The number of methoxy groups -OCH3 is 1. The molecule has 1 aromatic rings. The van der Waals surface area contributed by atoms with Gasteiger partial charge in [0.15, 0.2) is 23.3 Å². The van der Waals surface area contributed by atoms with Crippen LogP contribution >= 0.6 is 27.7 Å². The first kappa shape index (κ1) is 20.7. The Balaban J connectivity index is 2.11. The molecular formula is C15H15BrN4O6S. The van der Waals surface area contributed by atoms with Crippen molar-refractivity contribution < 1.29 is 29.0 Å². The second-order valence-electron chi connectivity index (χ2n) is 5.12. The maximum atomic E-state index is 11.6. The molecule has 0 aromatic heterocycles. The Morgan fingerprint density at radius 3 is 2.81 bits per heavy atom. The minimum Gasteiger partial charge on any atom is -0.493 e. The summed E-state index contributed by atoms with van der Waals surface area (Å²) < 4.78 is 11.1. The van der Waals surface area contributed by atoms with Crippen LogP contribution in [0.15, 0.2) is 26.8 Å². The van der Waals surface area contributed by atoms with E-state index in [1.165, 1.54) is 13.3 Å². The molecule has 0 saturated carbocycles. The Morgan fingerprint density at radius 2 is 2.19 bits per heavy atom. The Bertz CT molecular complexity index is 829. The third-order valence-corrected chi connectivity index (χ3v) is 4.89. The summed E-state index contributed by atoms with van der Waals surface area (Å²) in [7, 11) is 1.44. The summed E-state index contributed by atoms with van der Waals surface area (Å²) in [4.78, 5) is 33.2. The molecule has 1 atom stereocenters. The van der Waals surface area contributed by atoms with Gasteiger partial charge in [0.05, 0.1) is 19.7 Å². The molecule has 10 nitrogen and oxygen atoms in total. The predicted octanol–water partition coefficient (Wildman–Crippen LogP) is 0.718. The lowest BCUT2D eigenvalue weighted by molar-refractivity contribution is -0.138. The summed E-state index contributed by atoms with van der Waals surface area (Å²) >= 11 is 4.35. The molecule has 144 valence electrons. The van der Waals surface area contributed by atoms with Crippen molar-refractivity contribution in [2.24, 2.45) is 15.9 Å². The van der Waals surface area contributed by atoms with E-state index in [2.05, 4.69) is 31.4 Å². The van der Waals surface area contributed by atoms with E-state index in [9.17, 15) is 14.4 Å². The number of benzene rings is 1. The summed E-state index contributed by atoms with van der Waals surface area (Å²) in [5.41, 5.74) is 5.65. The van der Waals surface area contributed by atoms with Crippen LogP contribution in [0.25, 0.3) is 0 Å². The SMILES string of the molecule is COc1cc(C=NN=C2NC(=O)C(CC(=O)O)S2)c(Br)cc1OCC(N)=O. The number of primary amides is 1. The number of carbonyl (C=O) groups is 3. The first-order chi connectivity index (χ1) is 12.8. The van der Waals surface area contributed by atoms with Gasteiger partial charge in [0.2, 0.25) is 5.91 Å². The number of halogens is 1. The van der Waals surface area contributed by atoms with E-state index in [1.807, 2.05) is 0 Å². The molecule has 12 heteroatoms. The fourth-order valence-corrected chi connectivity index (χ4v) is 3.30. The minimum atomic E-state index is -1.07. The Labute approximate surface area is 166 Å². The minimum absolute atomic E-state index is 0.215. The van der Waals surface area contributed by atoms with Crippen molar-refractivity contribution in [1.82, 2.24) is 5.32 Å². The normalized spacial score (nSPS) is 17.9. The van der Waals surface area contributed by atoms with Gasteiger partial charge >= 0.3 is 5.97 Å². The van der Waals surface area contributed by atoms with Crippen molar-refractivity contribution in [3.63, 3.8) is 0 Å². The van der Waals surface area contributed by atoms with Crippen molar-refractivity contribution in [1.29, 1.82) is 0 Å². The Hall–Kier alpha value is -2.60. The third-order valence-electron chi connectivity index (χ3n) is 3.13.